The van der Waals surface area contributed by atoms with Crippen LogP contribution in [0.15, 0.2) is 0 Å². The second kappa shape index (κ2) is 5.69. The molecule has 0 aromatic rings. The van der Waals surface area contributed by atoms with Gasteiger partial charge in [-0.15, -0.1) is 0 Å². The molecule has 1 unspecified atom stereocenters. The van der Waals surface area contributed by atoms with Gasteiger partial charge in [-0.2, -0.15) is 4.58 Å². The fraction of sp³-hybridized carbons (Fsp3) is 0.857. The van der Waals surface area contributed by atoms with Crippen LogP contribution in [0.5, 0.6) is 0 Å². The van der Waals surface area contributed by atoms with E-state index >= 15 is 0 Å². The van der Waals surface area contributed by atoms with Crippen molar-refractivity contribution in [3.05, 3.63) is 0 Å². The summed E-state index contributed by atoms with van der Waals surface area (Å²) in [5.74, 6) is 1.50. The molecule has 1 heterocycles. The first-order valence-corrected chi connectivity index (χ1v) is 6.27. The second-order valence-electron chi connectivity index (χ2n) is 3.21. The number of amidine groups is 1. The number of rotatable bonds is 1. The normalized spacial score (nSPS) is 22.1. The molecule has 1 rings (SSSR count). The quantitative estimate of drug-likeness (QED) is 0.376. The van der Waals surface area contributed by atoms with E-state index in [0.717, 1.165) is 0 Å². The van der Waals surface area contributed by atoms with Gasteiger partial charge in [-0.05, 0) is 6.92 Å². The molecule has 1 N–H and O–H groups in total. The lowest BCUT2D eigenvalue weighted by molar-refractivity contribution is -0.799. The molecule has 0 saturated carbocycles. The predicted molar refractivity (Wildman–Crippen MR) is 48.3 cm³/mol. The van der Waals surface area contributed by atoms with Crippen molar-refractivity contribution in [3.63, 3.8) is 0 Å². The van der Waals surface area contributed by atoms with Crippen molar-refractivity contribution >= 4 is 20.8 Å². The number of hydrogen-bond donors (Lipinski definition) is 1. The highest BCUT2D eigenvalue weighted by Gasteiger charge is 2.41. The highest BCUT2D eigenvalue weighted by atomic mass is 27.5. The van der Waals surface area contributed by atoms with E-state index in [1.165, 1.54) is 25.5 Å². The van der Waals surface area contributed by atoms with Crippen molar-refractivity contribution in [2.24, 2.45) is 0 Å². The van der Waals surface area contributed by atoms with Gasteiger partial charge < -0.3 is 14.1 Å². The first-order valence-electron chi connectivity index (χ1n) is 4.52. The number of nitrogens with zero attached hydrogens (tertiary/aromatic N) is 1. The molecular weight excluding hydrogens is 215 g/mol. The van der Waals surface area contributed by atoms with Gasteiger partial charge in [0.2, 0.25) is 0 Å². The van der Waals surface area contributed by atoms with Crippen LogP contribution >= 0.6 is 0 Å². The lowest BCUT2D eigenvalue weighted by atomic mass is 10.5. The van der Waals surface area contributed by atoms with Crippen molar-refractivity contribution in [1.29, 1.82) is 0 Å². The first kappa shape index (κ1) is 13.9. The van der Waals surface area contributed by atoms with Gasteiger partial charge in [0.15, 0.2) is 6.54 Å². The van der Waals surface area contributed by atoms with Crippen molar-refractivity contribution in [2.75, 3.05) is 26.7 Å². The minimum absolute atomic E-state index is 1.23. The van der Waals surface area contributed by atoms with E-state index in [1.807, 2.05) is 0 Å². The van der Waals surface area contributed by atoms with Gasteiger partial charge in [-0.3, -0.25) is 0 Å². The number of hydrogen-bond acceptors (Lipinski definition) is 0. The molecule has 1 aliphatic heterocycles. The highest BCUT2D eigenvalue weighted by Crippen LogP contribution is 2.06. The van der Waals surface area contributed by atoms with E-state index in [2.05, 4.69) is 25.5 Å². The lowest BCUT2D eigenvalue weighted by Gasteiger charge is -2.01. The van der Waals surface area contributed by atoms with Crippen LogP contribution in [-0.4, -0.2) is 52.0 Å². The molecule has 14 heavy (non-hydrogen) atoms. The van der Waals surface area contributed by atoms with E-state index in [4.69, 9.17) is 0 Å². The third-order valence-corrected chi connectivity index (χ3v) is 2.26. The van der Waals surface area contributed by atoms with Crippen molar-refractivity contribution in [3.8, 4) is 0 Å². The van der Waals surface area contributed by atoms with Crippen molar-refractivity contribution < 1.29 is 23.6 Å². The van der Waals surface area contributed by atoms with E-state index in [9.17, 15) is 14.1 Å². The minimum Gasteiger partial charge on any atom is -0.510 e. The second-order valence-corrected chi connectivity index (χ2v) is 4.20. The van der Waals surface area contributed by atoms with Crippen LogP contribution in [0.25, 0.3) is 0 Å². The maximum Gasteiger partial charge on any atom is 1.04 e. The smallest absolute Gasteiger partial charge is 0.510 e. The van der Waals surface area contributed by atoms with Gasteiger partial charge in [-0.1, -0.05) is 0 Å². The van der Waals surface area contributed by atoms with Crippen LogP contribution in [0, 0.1) is 0 Å². The van der Waals surface area contributed by atoms with Crippen LogP contribution in [0.4, 0.5) is 14.1 Å². The van der Waals surface area contributed by atoms with Crippen molar-refractivity contribution in [2.45, 2.75) is 13.8 Å². The highest BCUT2D eigenvalue weighted by molar-refractivity contribution is 6.50. The Morgan fingerprint density at radius 1 is 1.36 bits per heavy atom. The van der Waals surface area contributed by atoms with Crippen LogP contribution in [0.2, 0.25) is 0 Å². The van der Waals surface area contributed by atoms with Gasteiger partial charge in [0, 0.05) is 0 Å². The number of quaternary nitrogens is 1. The Balaban J connectivity index is 0.000000292. The van der Waals surface area contributed by atoms with E-state index in [-0.39, 0.29) is 0 Å². The third kappa shape index (κ3) is 6.35. The Hall–Kier alpha value is -0.118. The zero-order valence-electron chi connectivity index (χ0n) is 8.66. The summed E-state index contributed by atoms with van der Waals surface area (Å²) in [6.45, 7) is 8.20. The third-order valence-electron chi connectivity index (χ3n) is 2.26. The number of likely N-dealkylation sites (N-methyl/N-ethyl adjacent to an activating group) is 2. The molecule has 0 amide bonds. The van der Waals surface area contributed by atoms with Gasteiger partial charge in [-0.25, -0.2) is 4.90 Å². The molecule has 2 nitrogen and oxygen atoms in total. The number of halogens is 4. The average Bonchev–Trinajstić information content (AvgIpc) is 2.30. The fourth-order valence-electron chi connectivity index (χ4n) is 1.35. The van der Waals surface area contributed by atoms with E-state index < -0.39 is 14.9 Å². The SMILES string of the molecule is CC[NH+]1CC[N+](C)=C1C.[F][Al-]([F])([F])[F]. The first-order chi connectivity index (χ1) is 6.25. The Labute approximate surface area is 85.4 Å². The minimum atomic E-state index is -6.83. The van der Waals surface area contributed by atoms with Gasteiger partial charge >= 0.3 is 20.8 Å². The molecule has 0 spiro atoms. The monoisotopic (exact) mass is 231 g/mol. The van der Waals surface area contributed by atoms with Gasteiger partial charge in [0.1, 0.15) is 13.6 Å². The molecule has 1 atom stereocenters. The molecule has 7 heteroatoms. The molecule has 0 aliphatic carbocycles. The average molecular weight is 231 g/mol. The van der Waals surface area contributed by atoms with Gasteiger partial charge in [0.25, 0.3) is 0 Å². The van der Waals surface area contributed by atoms with E-state index in [1.54, 1.807) is 4.90 Å². The van der Waals surface area contributed by atoms with Crippen molar-refractivity contribution in [1.82, 2.24) is 0 Å². The number of nitrogens with one attached hydrogen (secondary N) is 1. The Kier molecular flexibility index (Phi) is 5.64. The summed E-state index contributed by atoms with van der Waals surface area (Å²) in [6.07, 6.45) is 0. The molecule has 1 aliphatic rings. The van der Waals surface area contributed by atoms with Gasteiger partial charge in [0.05, 0.1) is 13.5 Å². The summed E-state index contributed by atoms with van der Waals surface area (Å²) < 4.78 is 41.7. The molecule has 0 saturated heterocycles. The van der Waals surface area contributed by atoms with E-state index in [0.29, 0.717) is 0 Å². The molecule has 0 bridgehead atoms. The zero-order valence-corrected chi connectivity index (χ0v) is 9.81. The zero-order chi connectivity index (χ0) is 11.4. The Morgan fingerprint density at radius 2 is 1.79 bits per heavy atom. The molecule has 0 radical (unpaired) electrons. The standard InChI is InChI=1S/C7H15N2.Al.4FH/c1-4-9-6-5-8(3)7(9)2;;;;;/h4-6H2,1-3H3;;4*1H/q+1;+3;;;;/p-3. The Morgan fingerprint density at radius 3 is 1.93 bits per heavy atom. The van der Waals surface area contributed by atoms with Crippen LogP contribution in [0.3, 0.4) is 0 Å². The molecule has 0 aromatic heterocycles. The summed E-state index contributed by atoms with van der Waals surface area (Å²) in [5, 5.41) is 0. The van der Waals surface area contributed by atoms with Crippen LogP contribution in [0.1, 0.15) is 13.8 Å². The molecule has 0 fully saturated rings. The lowest BCUT2D eigenvalue weighted by Crippen LogP contribution is -3.12. The van der Waals surface area contributed by atoms with Crippen LogP contribution < -0.4 is 4.90 Å². The fourth-order valence-corrected chi connectivity index (χ4v) is 1.35. The topological polar surface area (TPSA) is 7.45 Å². The molecular formula is C7H16AlF4N2+. The maximum absolute atomic E-state index is 9.85. The predicted octanol–water partition coefficient (Wildman–Crippen LogP) is 0.265. The summed E-state index contributed by atoms with van der Waals surface area (Å²) in [7, 11) is 2.16. The largest absolute Gasteiger partial charge is 1.04 e. The molecule has 84 valence electrons. The summed E-state index contributed by atoms with van der Waals surface area (Å²) in [6, 6.07) is 0. The summed E-state index contributed by atoms with van der Waals surface area (Å²) in [5.41, 5.74) is 0. The summed E-state index contributed by atoms with van der Waals surface area (Å²) >= 11 is -6.83. The maximum atomic E-state index is 9.85. The Bertz CT molecular complexity index is 208. The van der Waals surface area contributed by atoms with Crippen LogP contribution in [-0.2, 0) is 0 Å². The summed E-state index contributed by atoms with van der Waals surface area (Å²) in [4.78, 5) is 1.64. The molecule has 0 aromatic carbocycles.